The molecule has 0 aliphatic carbocycles. The largest absolute Gasteiger partial charge is 0.441 e. The summed E-state index contributed by atoms with van der Waals surface area (Å²) < 4.78 is 6.35. The first-order valence-corrected chi connectivity index (χ1v) is 9.91. The summed E-state index contributed by atoms with van der Waals surface area (Å²) in [5, 5.41) is 9.81. The Morgan fingerprint density at radius 3 is 2.89 bits per heavy atom. The van der Waals surface area contributed by atoms with Crippen LogP contribution >= 0.6 is 11.6 Å². The third kappa shape index (κ3) is 4.54. The molecular weight excluding hydrogens is 376 g/mol. The second-order valence-electron chi connectivity index (χ2n) is 7.94. The number of oxazole rings is 1. The maximum atomic E-state index is 12.6. The molecule has 3 rings (SSSR count). The molecular formula is C21H26ClN4O2+. The van der Waals surface area contributed by atoms with E-state index >= 15 is 0 Å². The lowest BCUT2D eigenvalue weighted by Crippen LogP contribution is -2.50. The fourth-order valence-electron chi connectivity index (χ4n) is 3.55. The average Bonchev–Trinajstić information content (AvgIpc) is 3.26. The summed E-state index contributed by atoms with van der Waals surface area (Å²) in [6.07, 6.45) is 2.38. The van der Waals surface area contributed by atoms with Crippen molar-refractivity contribution in [3.63, 3.8) is 0 Å². The van der Waals surface area contributed by atoms with Crippen molar-refractivity contribution in [3.05, 3.63) is 40.7 Å². The Balaban J connectivity index is 1.64. The highest BCUT2D eigenvalue weighted by Crippen LogP contribution is 2.28. The van der Waals surface area contributed by atoms with Crippen LogP contribution in [0.15, 0.2) is 28.7 Å². The Kier molecular flexibility index (Phi) is 6.07. The van der Waals surface area contributed by atoms with Crippen LogP contribution in [-0.4, -0.2) is 60.0 Å². The zero-order valence-electron chi connectivity index (χ0n) is 16.6. The summed E-state index contributed by atoms with van der Waals surface area (Å²) >= 11 is 6.25. The molecule has 0 N–H and O–H groups in total. The predicted octanol–water partition coefficient (Wildman–Crippen LogP) is 3.44. The molecule has 1 aromatic heterocycles. The highest BCUT2D eigenvalue weighted by atomic mass is 35.5. The van der Waals surface area contributed by atoms with Gasteiger partial charge in [-0.25, -0.2) is 4.98 Å². The quantitative estimate of drug-likeness (QED) is 0.695. The van der Waals surface area contributed by atoms with Crippen LogP contribution in [0.4, 0.5) is 0 Å². The highest BCUT2D eigenvalue weighted by Gasteiger charge is 2.32. The van der Waals surface area contributed by atoms with E-state index in [0.717, 1.165) is 36.4 Å². The molecule has 1 aliphatic rings. The first-order chi connectivity index (χ1) is 13.3. The number of aromatic nitrogens is 1. The van der Waals surface area contributed by atoms with Crippen molar-refractivity contribution in [2.24, 2.45) is 0 Å². The number of amides is 1. The molecule has 1 fully saturated rings. The van der Waals surface area contributed by atoms with E-state index in [1.807, 2.05) is 45.3 Å². The third-order valence-corrected chi connectivity index (χ3v) is 5.57. The normalized spacial score (nSPS) is 17.0. The molecule has 1 amide bonds. The molecule has 0 radical (unpaired) electrons. The number of benzene rings is 1. The molecule has 28 heavy (non-hydrogen) atoms. The van der Waals surface area contributed by atoms with Gasteiger partial charge in [0.25, 0.3) is 5.91 Å². The van der Waals surface area contributed by atoms with Gasteiger partial charge in [0.2, 0.25) is 5.89 Å². The second-order valence-corrected chi connectivity index (χ2v) is 8.35. The molecule has 0 saturated carbocycles. The van der Waals surface area contributed by atoms with Gasteiger partial charge in [-0.1, -0.05) is 23.7 Å². The zero-order chi connectivity index (χ0) is 20.3. The van der Waals surface area contributed by atoms with Crippen molar-refractivity contribution < 1.29 is 13.7 Å². The number of likely N-dealkylation sites (tertiary alicyclic amines) is 1. The fourth-order valence-corrected chi connectivity index (χ4v) is 3.77. The van der Waals surface area contributed by atoms with Gasteiger partial charge in [-0.2, -0.15) is 5.26 Å². The van der Waals surface area contributed by atoms with Crippen LogP contribution in [0.5, 0.6) is 0 Å². The van der Waals surface area contributed by atoms with E-state index in [9.17, 15) is 10.1 Å². The van der Waals surface area contributed by atoms with E-state index in [1.54, 1.807) is 4.90 Å². The number of aryl methyl sites for hydroxylation is 1. The lowest BCUT2D eigenvalue weighted by Gasteiger charge is -2.31. The first-order valence-electron chi connectivity index (χ1n) is 9.53. The number of carbonyl (C=O) groups excluding carboxylic acids is 1. The number of halogens is 1. The van der Waals surface area contributed by atoms with Crippen molar-refractivity contribution in [2.75, 3.05) is 33.7 Å². The van der Waals surface area contributed by atoms with E-state index in [0.29, 0.717) is 34.9 Å². The Morgan fingerprint density at radius 2 is 2.18 bits per heavy atom. The Hall–Kier alpha value is -2.36. The Bertz CT molecular complexity index is 900. The summed E-state index contributed by atoms with van der Waals surface area (Å²) in [6.45, 7) is 3.69. The van der Waals surface area contributed by atoms with Crippen molar-refractivity contribution in [3.8, 4) is 17.5 Å². The van der Waals surface area contributed by atoms with Gasteiger partial charge in [-0.3, -0.25) is 4.79 Å². The average molecular weight is 402 g/mol. The van der Waals surface area contributed by atoms with E-state index in [2.05, 4.69) is 11.1 Å². The number of rotatable bonds is 6. The monoisotopic (exact) mass is 401 g/mol. The minimum absolute atomic E-state index is 0.0441. The van der Waals surface area contributed by atoms with Gasteiger partial charge in [0.15, 0.2) is 6.54 Å². The van der Waals surface area contributed by atoms with Crippen molar-refractivity contribution in [1.82, 2.24) is 9.88 Å². The van der Waals surface area contributed by atoms with Crippen LogP contribution in [0.3, 0.4) is 0 Å². The second kappa shape index (κ2) is 8.34. The minimum Gasteiger partial charge on any atom is -0.441 e. The van der Waals surface area contributed by atoms with E-state index in [4.69, 9.17) is 16.0 Å². The maximum absolute atomic E-state index is 12.6. The summed E-state index contributed by atoms with van der Waals surface area (Å²) in [5.41, 5.74) is 1.66. The number of likely N-dealkylation sites (N-methyl/N-ethyl adjacent to an activating group) is 1. The molecule has 2 heterocycles. The van der Waals surface area contributed by atoms with Crippen molar-refractivity contribution >= 4 is 17.5 Å². The summed E-state index contributed by atoms with van der Waals surface area (Å²) in [6, 6.07) is 9.43. The van der Waals surface area contributed by atoms with Gasteiger partial charge in [-0.15, -0.1) is 0 Å². The molecule has 0 bridgehead atoms. The van der Waals surface area contributed by atoms with Crippen LogP contribution < -0.4 is 0 Å². The van der Waals surface area contributed by atoms with E-state index < -0.39 is 0 Å². The fraction of sp³-hybridized carbons (Fsp3) is 0.476. The van der Waals surface area contributed by atoms with Gasteiger partial charge in [-0.05, 0) is 31.9 Å². The van der Waals surface area contributed by atoms with Gasteiger partial charge in [0.1, 0.15) is 11.8 Å². The first kappa shape index (κ1) is 20.4. The molecule has 148 valence electrons. The topological polar surface area (TPSA) is 70.1 Å². The van der Waals surface area contributed by atoms with Gasteiger partial charge < -0.3 is 13.8 Å². The number of quaternary nitrogens is 1. The SMILES string of the molecule is Cc1oc(-c2ccccc2Cl)nc1CC[N+](C)(C)CC(=O)N1CCC[C@H]1C#N. The van der Waals surface area contributed by atoms with Gasteiger partial charge >= 0.3 is 0 Å². The number of hydrogen-bond donors (Lipinski definition) is 0. The molecule has 1 aromatic carbocycles. The molecule has 7 heteroatoms. The number of nitriles is 1. The zero-order valence-corrected chi connectivity index (χ0v) is 17.4. The molecule has 1 atom stereocenters. The lowest BCUT2D eigenvalue weighted by molar-refractivity contribution is -0.882. The summed E-state index contributed by atoms with van der Waals surface area (Å²) in [4.78, 5) is 19.0. The Morgan fingerprint density at radius 1 is 1.43 bits per heavy atom. The standard InChI is InChI=1S/C21H26ClN4O2/c1-15-19(24-21(28-15)17-8-4-5-9-18(17)22)10-12-26(2,3)14-20(27)25-11-6-7-16(25)13-23/h4-5,8-9,16H,6-7,10-12,14H2,1-3H3/q+1/t16-/m0/s1. The number of nitrogens with zero attached hydrogens (tertiary/aromatic N) is 4. The smallest absolute Gasteiger partial charge is 0.278 e. The molecule has 0 spiro atoms. The Labute approximate surface area is 170 Å². The van der Waals surface area contributed by atoms with Gasteiger partial charge in [0.05, 0.1) is 43.0 Å². The van der Waals surface area contributed by atoms with Gasteiger partial charge in [0, 0.05) is 13.0 Å². The molecule has 2 aromatic rings. The van der Waals surface area contributed by atoms with E-state index in [-0.39, 0.29) is 11.9 Å². The predicted molar refractivity (Wildman–Crippen MR) is 108 cm³/mol. The minimum atomic E-state index is -0.275. The molecule has 6 nitrogen and oxygen atoms in total. The number of carbonyl (C=O) groups is 1. The van der Waals surface area contributed by atoms with Crippen LogP contribution in [-0.2, 0) is 11.2 Å². The molecule has 0 unspecified atom stereocenters. The van der Waals surface area contributed by atoms with Crippen LogP contribution in [0.2, 0.25) is 5.02 Å². The molecule has 1 aliphatic heterocycles. The third-order valence-electron chi connectivity index (χ3n) is 5.24. The van der Waals surface area contributed by atoms with Crippen LogP contribution in [0, 0.1) is 18.3 Å². The van der Waals surface area contributed by atoms with Crippen LogP contribution in [0.1, 0.15) is 24.3 Å². The summed E-state index contributed by atoms with van der Waals surface area (Å²) in [5.74, 6) is 1.33. The van der Waals surface area contributed by atoms with E-state index in [1.165, 1.54) is 0 Å². The highest BCUT2D eigenvalue weighted by molar-refractivity contribution is 6.33. The maximum Gasteiger partial charge on any atom is 0.278 e. The van der Waals surface area contributed by atoms with Crippen molar-refractivity contribution in [1.29, 1.82) is 5.26 Å². The molecule has 1 saturated heterocycles. The van der Waals surface area contributed by atoms with Crippen LogP contribution in [0.25, 0.3) is 11.5 Å². The summed E-state index contributed by atoms with van der Waals surface area (Å²) in [7, 11) is 4.06. The number of hydrogen-bond acceptors (Lipinski definition) is 4. The van der Waals surface area contributed by atoms with Crippen molar-refractivity contribution in [2.45, 2.75) is 32.2 Å². The lowest BCUT2D eigenvalue weighted by atomic mass is 10.2.